The van der Waals surface area contributed by atoms with Crippen LogP contribution in [0.3, 0.4) is 0 Å². The molecule has 9 nitrogen and oxygen atoms in total. The second kappa shape index (κ2) is 10.1. The number of nitrogens with one attached hydrogen (secondary N) is 1. The summed E-state index contributed by atoms with van der Waals surface area (Å²) in [6, 6.07) is 9.00. The van der Waals surface area contributed by atoms with Crippen LogP contribution in [-0.2, 0) is 11.3 Å². The summed E-state index contributed by atoms with van der Waals surface area (Å²) < 4.78 is 7.06. The molecule has 0 saturated heterocycles. The topological polar surface area (TPSA) is 129 Å². The van der Waals surface area contributed by atoms with Gasteiger partial charge in [0.15, 0.2) is 0 Å². The van der Waals surface area contributed by atoms with Crippen molar-refractivity contribution in [3.05, 3.63) is 64.3 Å². The molecule has 3 aromatic heterocycles. The number of primary amides is 1. The van der Waals surface area contributed by atoms with Gasteiger partial charge in [0.1, 0.15) is 5.00 Å². The van der Waals surface area contributed by atoms with Gasteiger partial charge < -0.3 is 15.8 Å². The van der Waals surface area contributed by atoms with Gasteiger partial charge in [0.2, 0.25) is 0 Å². The lowest BCUT2D eigenvalue weighted by Crippen LogP contribution is -2.16. The number of amides is 2. The van der Waals surface area contributed by atoms with E-state index in [0.717, 1.165) is 16.9 Å². The molecule has 0 fully saturated rings. The molecule has 2 amide bonds. The largest absolute Gasteiger partial charge is 0.462 e. The number of ether oxygens (including phenoxy) is 1. The smallest absolute Gasteiger partial charge is 0.341 e. The highest BCUT2D eigenvalue weighted by molar-refractivity contribution is 7.18. The average Bonchev–Trinajstić information content (AvgIpc) is 3.46. The zero-order valence-electron chi connectivity index (χ0n) is 19.6. The standard InChI is InChI=1S/C25H25N5O4S/c1-4-10-34-25(33)20-14(3)21(22(26)31)35-24(20)29-23(32)17-11-19(15-12-27-30(5-2)13-15)28-18-9-7-6-8-16(17)18/h6-9,11-13H,4-5,10H2,1-3H3,(H2,26,31)(H,29,32). The molecule has 35 heavy (non-hydrogen) atoms. The molecule has 10 heteroatoms. The first-order valence-corrected chi connectivity index (χ1v) is 12.0. The predicted octanol–water partition coefficient (Wildman–Crippen LogP) is 4.41. The van der Waals surface area contributed by atoms with E-state index in [0.29, 0.717) is 40.7 Å². The Hall–Kier alpha value is -4.05. The summed E-state index contributed by atoms with van der Waals surface area (Å²) in [7, 11) is 0. The Balaban J connectivity index is 1.78. The molecule has 0 spiro atoms. The normalized spacial score (nSPS) is 10.9. The van der Waals surface area contributed by atoms with Crippen LogP contribution in [0.15, 0.2) is 42.7 Å². The number of aryl methyl sites for hydroxylation is 1. The number of fused-ring (bicyclic) bond motifs is 1. The monoisotopic (exact) mass is 491 g/mol. The Morgan fingerprint density at radius 3 is 2.66 bits per heavy atom. The minimum atomic E-state index is -0.679. The number of esters is 1. The van der Waals surface area contributed by atoms with Crippen molar-refractivity contribution >= 4 is 45.0 Å². The molecule has 0 radical (unpaired) electrons. The maximum absolute atomic E-state index is 13.5. The molecule has 4 aromatic rings. The second-order valence-electron chi connectivity index (χ2n) is 7.87. The van der Waals surface area contributed by atoms with Gasteiger partial charge in [-0.2, -0.15) is 5.10 Å². The van der Waals surface area contributed by atoms with Crippen LogP contribution in [0.25, 0.3) is 22.2 Å². The van der Waals surface area contributed by atoms with Gasteiger partial charge in [-0.1, -0.05) is 25.1 Å². The molecule has 0 aliphatic carbocycles. The number of carbonyl (C=O) groups is 3. The lowest BCUT2D eigenvalue weighted by Gasteiger charge is -2.11. The van der Waals surface area contributed by atoms with Gasteiger partial charge in [-0.3, -0.25) is 14.3 Å². The SMILES string of the molecule is CCCOC(=O)c1c(NC(=O)c2cc(-c3cnn(CC)c3)nc3ccccc23)sc(C(N)=O)c1C. The molecule has 1 aromatic carbocycles. The summed E-state index contributed by atoms with van der Waals surface area (Å²) in [5, 5.41) is 7.97. The van der Waals surface area contributed by atoms with Crippen molar-refractivity contribution < 1.29 is 19.1 Å². The first kappa shape index (κ1) is 24.1. The summed E-state index contributed by atoms with van der Waals surface area (Å²) in [5.74, 6) is -1.74. The van der Waals surface area contributed by atoms with Crippen molar-refractivity contribution in [2.24, 2.45) is 5.73 Å². The Kier molecular flexibility index (Phi) is 6.92. The maximum atomic E-state index is 13.5. The molecule has 3 heterocycles. The minimum absolute atomic E-state index is 0.133. The third kappa shape index (κ3) is 4.78. The van der Waals surface area contributed by atoms with Crippen molar-refractivity contribution in [1.29, 1.82) is 0 Å². The van der Waals surface area contributed by atoms with E-state index in [9.17, 15) is 14.4 Å². The summed E-state index contributed by atoms with van der Waals surface area (Å²) in [6.45, 7) is 6.40. The van der Waals surface area contributed by atoms with Gasteiger partial charge in [-0.25, -0.2) is 9.78 Å². The molecule has 0 aliphatic rings. The molecule has 180 valence electrons. The third-order valence-electron chi connectivity index (χ3n) is 5.45. The number of carbonyl (C=O) groups excluding carboxylic acids is 3. The molecule has 0 bridgehead atoms. The van der Waals surface area contributed by atoms with Crippen LogP contribution in [0.2, 0.25) is 0 Å². The molecule has 0 saturated carbocycles. The first-order valence-electron chi connectivity index (χ1n) is 11.2. The van der Waals surface area contributed by atoms with Crippen LogP contribution in [-0.4, -0.2) is 39.2 Å². The Morgan fingerprint density at radius 2 is 1.97 bits per heavy atom. The van der Waals surface area contributed by atoms with E-state index < -0.39 is 17.8 Å². The Morgan fingerprint density at radius 1 is 1.20 bits per heavy atom. The van der Waals surface area contributed by atoms with Crippen LogP contribution in [0.1, 0.15) is 56.2 Å². The highest BCUT2D eigenvalue weighted by Crippen LogP contribution is 2.34. The molecule has 0 atom stereocenters. The fraction of sp³-hybridized carbons (Fsp3) is 0.240. The van der Waals surface area contributed by atoms with Crippen LogP contribution >= 0.6 is 11.3 Å². The van der Waals surface area contributed by atoms with Crippen molar-refractivity contribution in [2.45, 2.75) is 33.7 Å². The molecular weight excluding hydrogens is 466 g/mol. The lowest BCUT2D eigenvalue weighted by molar-refractivity contribution is 0.0506. The molecule has 4 rings (SSSR count). The Bertz CT molecular complexity index is 1440. The first-order chi connectivity index (χ1) is 16.8. The third-order valence-corrected chi connectivity index (χ3v) is 6.67. The number of pyridine rings is 1. The van der Waals surface area contributed by atoms with E-state index in [4.69, 9.17) is 15.5 Å². The molecule has 3 N–H and O–H groups in total. The summed E-state index contributed by atoms with van der Waals surface area (Å²) in [5.41, 5.74) is 8.40. The number of hydrogen-bond donors (Lipinski definition) is 2. The zero-order chi connectivity index (χ0) is 25.1. The molecule has 0 aliphatic heterocycles. The van der Waals surface area contributed by atoms with E-state index in [1.165, 1.54) is 0 Å². The zero-order valence-corrected chi connectivity index (χ0v) is 20.4. The highest BCUT2D eigenvalue weighted by atomic mass is 32.1. The summed E-state index contributed by atoms with van der Waals surface area (Å²) in [4.78, 5) is 43.1. The van der Waals surface area contributed by atoms with E-state index in [1.807, 2.05) is 38.2 Å². The summed E-state index contributed by atoms with van der Waals surface area (Å²) >= 11 is 0.955. The van der Waals surface area contributed by atoms with Crippen molar-refractivity contribution in [3.8, 4) is 11.3 Å². The number of aromatic nitrogens is 3. The minimum Gasteiger partial charge on any atom is -0.462 e. The molecule has 0 unspecified atom stereocenters. The fourth-order valence-corrected chi connectivity index (χ4v) is 4.74. The van der Waals surface area contributed by atoms with E-state index in [2.05, 4.69) is 10.4 Å². The number of nitrogens with two attached hydrogens (primary N) is 1. The van der Waals surface area contributed by atoms with Crippen molar-refractivity contribution in [3.63, 3.8) is 0 Å². The predicted molar refractivity (Wildman–Crippen MR) is 135 cm³/mol. The van der Waals surface area contributed by atoms with Gasteiger partial charge in [-0.05, 0) is 38.0 Å². The number of nitrogens with zero attached hydrogens (tertiary/aromatic N) is 3. The number of rotatable bonds is 8. The number of benzene rings is 1. The van der Waals surface area contributed by atoms with Gasteiger partial charge in [0.25, 0.3) is 11.8 Å². The van der Waals surface area contributed by atoms with E-state index in [-0.39, 0.29) is 22.0 Å². The van der Waals surface area contributed by atoms with Crippen LogP contribution in [0.4, 0.5) is 5.00 Å². The number of anilines is 1. The maximum Gasteiger partial charge on any atom is 0.341 e. The van der Waals surface area contributed by atoms with Gasteiger partial charge >= 0.3 is 5.97 Å². The quantitative estimate of drug-likeness (QED) is 0.351. The highest BCUT2D eigenvalue weighted by Gasteiger charge is 2.26. The number of thiophene rings is 1. The summed E-state index contributed by atoms with van der Waals surface area (Å²) in [6.07, 6.45) is 4.20. The van der Waals surface area contributed by atoms with Crippen LogP contribution < -0.4 is 11.1 Å². The van der Waals surface area contributed by atoms with E-state index >= 15 is 0 Å². The van der Waals surface area contributed by atoms with Gasteiger partial charge in [0, 0.05) is 23.7 Å². The number of para-hydroxylation sites is 1. The Labute approximate surface area is 205 Å². The van der Waals surface area contributed by atoms with Crippen molar-refractivity contribution in [2.75, 3.05) is 11.9 Å². The second-order valence-corrected chi connectivity index (χ2v) is 8.89. The van der Waals surface area contributed by atoms with E-state index in [1.54, 1.807) is 29.9 Å². The van der Waals surface area contributed by atoms with Crippen LogP contribution in [0.5, 0.6) is 0 Å². The van der Waals surface area contributed by atoms with Crippen LogP contribution in [0, 0.1) is 6.92 Å². The molecular formula is C25H25N5O4S. The lowest BCUT2D eigenvalue weighted by atomic mass is 10.0. The van der Waals surface area contributed by atoms with Gasteiger partial charge in [0.05, 0.1) is 40.0 Å². The average molecular weight is 492 g/mol. The van der Waals surface area contributed by atoms with Crippen molar-refractivity contribution in [1.82, 2.24) is 14.8 Å². The van der Waals surface area contributed by atoms with Gasteiger partial charge in [-0.15, -0.1) is 11.3 Å². The fourth-order valence-electron chi connectivity index (χ4n) is 3.70. The number of hydrogen-bond acceptors (Lipinski definition) is 7.